The molecule has 13 atom stereocenters. The van der Waals surface area contributed by atoms with Gasteiger partial charge in [-0.05, 0) is 127 Å². The van der Waals surface area contributed by atoms with Crippen LogP contribution in [0.25, 0.3) is 0 Å². The number of nitrogens with zero attached hydrogens (tertiary/aromatic N) is 6. The maximum atomic E-state index is 15.5. The summed E-state index contributed by atoms with van der Waals surface area (Å²) < 4.78 is 12.2. The molecule has 12 amide bonds. The minimum atomic E-state index is -1.73. The molecule has 1 saturated carbocycles. The normalized spacial score (nSPS) is 27.9. The predicted octanol–water partition coefficient (Wildman–Crippen LogP) is 3.65. The van der Waals surface area contributed by atoms with Gasteiger partial charge in [0.25, 0.3) is 0 Å². The smallest absolute Gasteiger partial charge is 0.248 e. The van der Waals surface area contributed by atoms with Gasteiger partial charge in [-0.3, -0.25) is 57.5 Å². The molecule has 4 fully saturated rings. The van der Waals surface area contributed by atoms with Gasteiger partial charge in [-0.1, -0.05) is 115 Å². The molecule has 3 aliphatic heterocycles. The Morgan fingerprint density at radius 1 is 0.505 bits per heavy atom. The van der Waals surface area contributed by atoms with E-state index < -0.39 is 174 Å². The van der Waals surface area contributed by atoms with E-state index in [1.165, 1.54) is 54.7 Å². The number of nitrogens with one attached hydrogen (secondary N) is 6. The van der Waals surface area contributed by atoms with Crippen molar-refractivity contribution in [1.82, 2.24) is 61.3 Å². The minimum Gasteiger partial charge on any atom is -0.394 e. The summed E-state index contributed by atoms with van der Waals surface area (Å²) >= 11 is 0. The molecule has 0 unspecified atom stereocenters. The average Bonchev–Trinajstić information content (AvgIpc) is 1.75. The van der Waals surface area contributed by atoms with Crippen molar-refractivity contribution in [3.63, 3.8) is 0 Å². The molecule has 28 heteroatoms. The van der Waals surface area contributed by atoms with Gasteiger partial charge >= 0.3 is 0 Å². The molecular weight excluding hydrogens is 1320 g/mol. The molecule has 0 aromatic heterocycles. The van der Waals surface area contributed by atoms with E-state index in [9.17, 15) is 24.6 Å². The molecule has 0 bridgehead atoms. The lowest BCUT2D eigenvalue weighted by molar-refractivity contribution is -0.152. The van der Waals surface area contributed by atoms with Crippen LogP contribution in [0.15, 0.2) is 0 Å². The van der Waals surface area contributed by atoms with Crippen LogP contribution in [-0.4, -0.2) is 262 Å². The van der Waals surface area contributed by atoms with E-state index >= 15 is 43.2 Å². The Bertz CT molecular complexity index is 2840. The molecular formula is C75H132N12O16. The first kappa shape index (κ1) is 88.9. The van der Waals surface area contributed by atoms with Gasteiger partial charge in [0.2, 0.25) is 70.9 Å². The Morgan fingerprint density at radius 2 is 0.961 bits per heavy atom. The summed E-state index contributed by atoms with van der Waals surface area (Å²) in [4.78, 5) is 189. The van der Waals surface area contributed by atoms with Crippen molar-refractivity contribution in [2.24, 2.45) is 41.4 Å². The van der Waals surface area contributed by atoms with Crippen LogP contribution in [0.4, 0.5) is 0 Å². The number of fused-ring (bicyclic) bond motifs is 1. The van der Waals surface area contributed by atoms with Gasteiger partial charge in [0.1, 0.15) is 66.5 Å². The second-order valence-electron chi connectivity index (χ2n) is 33.0. The maximum absolute atomic E-state index is 15.5. The fourth-order valence-corrected chi connectivity index (χ4v) is 14.3. The second-order valence-corrected chi connectivity index (χ2v) is 33.0. The molecule has 0 aromatic rings. The van der Waals surface area contributed by atoms with Gasteiger partial charge in [0, 0.05) is 54.2 Å². The first-order valence-electron chi connectivity index (χ1n) is 38.1. The summed E-state index contributed by atoms with van der Waals surface area (Å²) in [7, 11) is 5.74. The zero-order valence-electron chi connectivity index (χ0n) is 65.9. The number of carbonyl (C=O) groups excluding carboxylic acids is 12. The highest BCUT2D eigenvalue weighted by Crippen LogP contribution is 2.31. The van der Waals surface area contributed by atoms with E-state index in [1.807, 2.05) is 69.2 Å². The van der Waals surface area contributed by atoms with Crippen molar-refractivity contribution >= 4 is 70.9 Å². The number of aliphatic hydroxyl groups excluding tert-OH is 2. The number of carbonyl (C=O) groups is 12. The Labute approximate surface area is 613 Å². The number of likely N-dealkylation sites (N-methyl/N-ethyl adjacent to an activating group) is 4. The van der Waals surface area contributed by atoms with Crippen molar-refractivity contribution in [2.45, 2.75) is 298 Å². The minimum absolute atomic E-state index is 0.0197. The topological polar surface area (TPSA) is 355 Å². The van der Waals surface area contributed by atoms with Crippen LogP contribution in [0.5, 0.6) is 0 Å². The first-order chi connectivity index (χ1) is 48.1. The number of piperidine rings is 1. The molecule has 0 radical (unpaired) electrons. The van der Waals surface area contributed by atoms with Gasteiger partial charge in [-0.2, -0.15) is 0 Å². The van der Waals surface area contributed by atoms with Crippen LogP contribution in [0.3, 0.4) is 0 Å². The summed E-state index contributed by atoms with van der Waals surface area (Å²) in [5.74, 6) is -10.5. The Morgan fingerprint density at radius 3 is 1.46 bits per heavy atom. The van der Waals surface area contributed by atoms with Crippen molar-refractivity contribution < 1.29 is 77.2 Å². The highest BCUT2D eigenvalue weighted by molar-refractivity contribution is 6.00. The van der Waals surface area contributed by atoms with Gasteiger partial charge in [-0.15, -0.1) is 0 Å². The van der Waals surface area contributed by atoms with E-state index in [-0.39, 0.29) is 100 Å². The third kappa shape index (κ3) is 27.1. The van der Waals surface area contributed by atoms with Crippen molar-refractivity contribution in [3.05, 3.63) is 0 Å². The van der Waals surface area contributed by atoms with E-state index in [0.717, 1.165) is 43.4 Å². The standard InChI is InChI=1S/C75H132N12O16/c1-43(2)33-52-64(91)81-63(49(13)89)74(101)87-41-51(102-32-31-88)39-59(87)68(95)77-53(38-50-27-23-21-24-28-50)69(96)82(17)56(34-44(3)4)66(93)78-54(71(98)86-29-25-22-26-30-86)40-61(90)80-62(48(11)12)73(100)84(19)58(36-46(7)8)67(94)79-55(42-103-75(14,15)16)70(97)85(20)60(37-47(9)10)72(99)83(18)57(35-45(5)6)65(92)76-52/h43-60,62-63,88-89H,21-42H2,1-20H3,(H,76,92)(H,77,95)(H,78,93)(H,79,94)(H,80,90)(H,81,91)/t49-,51-,52+,53+,54+,55+,56+,57+,58+,59+,60+,62-,63+/m1/s1. The number of hydrogen-bond acceptors (Lipinski definition) is 16. The Balaban J connectivity index is 2.01. The van der Waals surface area contributed by atoms with E-state index in [4.69, 9.17) is 9.47 Å². The summed E-state index contributed by atoms with van der Waals surface area (Å²) in [5.41, 5.74) is -0.846. The largest absolute Gasteiger partial charge is 0.394 e. The molecule has 1 aliphatic carbocycles. The Hall–Kier alpha value is -6.52. The van der Waals surface area contributed by atoms with Crippen LogP contribution in [-0.2, 0) is 67.0 Å². The SMILES string of the molecule is CC(C)C[C@@H]1NC(=O)[C@H](CC(C)C)N(C)C(=O)[C@H](CC(C)C)N(C)C(=O)[C@H](COC(C)(C)C)NC(=O)[C@H](CC(C)C)N(C)C(=O)[C@@H](C(C)C)NC(=O)C[C@@H](C(=O)N2CCCCC2)NC(=O)[C@H](CC(C)C)N(C)C(=O)[C@H](CC2CCCCC2)NC(=O)[C@@H]2C[C@@H](OCCO)CN2C(=O)[C@H]([C@@H](C)O)NC1=O. The van der Waals surface area contributed by atoms with E-state index in [2.05, 4.69) is 31.9 Å². The second kappa shape index (κ2) is 41.4. The highest BCUT2D eigenvalue weighted by atomic mass is 16.5. The lowest BCUT2D eigenvalue weighted by Crippen LogP contribution is -2.63. The molecule has 8 N–H and O–H groups in total. The van der Waals surface area contributed by atoms with Gasteiger partial charge in [-0.25, -0.2) is 0 Å². The zero-order valence-corrected chi connectivity index (χ0v) is 65.9. The van der Waals surface area contributed by atoms with E-state index in [1.54, 1.807) is 39.5 Å². The fourth-order valence-electron chi connectivity index (χ4n) is 14.3. The number of likely N-dealkylation sites (tertiary alicyclic amines) is 1. The van der Waals surface area contributed by atoms with Gasteiger partial charge in [0.15, 0.2) is 0 Å². The maximum Gasteiger partial charge on any atom is 0.248 e. The van der Waals surface area contributed by atoms with Crippen LogP contribution in [0.2, 0.25) is 0 Å². The molecule has 28 nitrogen and oxygen atoms in total. The highest BCUT2D eigenvalue weighted by Gasteiger charge is 2.48. The molecule has 4 aliphatic rings. The van der Waals surface area contributed by atoms with Crippen molar-refractivity contribution in [3.8, 4) is 0 Å². The number of amides is 12. The molecule has 0 aromatic carbocycles. The molecule has 0 spiro atoms. The molecule has 4 rings (SSSR count). The first-order valence-corrected chi connectivity index (χ1v) is 38.1. The molecule has 588 valence electrons. The zero-order chi connectivity index (χ0) is 77.7. The van der Waals surface area contributed by atoms with Crippen LogP contribution >= 0.6 is 0 Å². The van der Waals surface area contributed by atoms with Crippen LogP contribution in [0, 0.1) is 41.4 Å². The van der Waals surface area contributed by atoms with Gasteiger partial charge in [0.05, 0.1) is 44.1 Å². The predicted molar refractivity (Wildman–Crippen MR) is 390 cm³/mol. The third-order valence-corrected chi connectivity index (χ3v) is 20.0. The lowest BCUT2D eigenvalue weighted by atomic mass is 9.84. The van der Waals surface area contributed by atoms with Gasteiger partial charge < -0.3 is 81.0 Å². The summed E-state index contributed by atoms with van der Waals surface area (Å²) in [6, 6.07) is -15.0. The number of aliphatic hydroxyl groups is 2. The molecule has 3 heterocycles. The average molecular weight is 1460 g/mol. The van der Waals surface area contributed by atoms with Crippen molar-refractivity contribution in [2.75, 3.05) is 67.6 Å². The summed E-state index contributed by atoms with van der Waals surface area (Å²) in [6.45, 7) is 28.0. The number of hydrogen-bond donors (Lipinski definition) is 8. The fraction of sp³-hybridized carbons (Fsp3) is 0.840. The Kier molecular flexibility index (Phi) is 35.7. The number of rotatable bonds is 20. The molecule has 103 heavy (non-hydrogen) atoms. The summed E-state index contributed by atoms with van der Waals surface area (Å²) in [6.07, 6.45) is 3.72. The van der Waals surface area contributed by atoms with E-state index in [0.29, 0.717) is 25.9 Å². The number of ether oxygens (including phenoxy) is 2. The van der Waals surface area contributed by atoms with Crippen LogP contribution in [0.1, 0.15) is 214 Å². The monoisotopic (exact) mass is 1460 g/mol. The van der Waals surface area contributed by atoms with Crippen LogP contribution < -0.4 is 31.9 Å². The van der Waals surface area contributed by atoms with Crippen molar-refractivity contribution in [1.29, 1.82) is 0 Å². The lowest BCUT2D eigenvalue weighted by Gasteiger charge is -2.38. The quantitative estimate of drug-likeness (QED) is 0.0862. The summed E-state index contributed by atoms with van der Waals surface area (Å²) in [5, 5.41) is 38.5. The molecule has 3 saturated heterocycles. The third-order valence-electron chi connectivity index (χ3n) is 20.0.